The third-order valence-corrected chi connectivity index (χ3v) is 8.76. The number of imidazole rings is 1. The van der Waals surface area contributed by atoms with Crippen LogP contribution in [-0.4, -0.2) is 18.3 Å². The van der Waals surface area contributed by atoms with E-state index in [0.717, 1.165) is 6.42 Å². The number of hydrogen-bond acceptors (Lipinski definition) is 1. The Morgan fingerprint density at radius 1 is 1.04 bits per heavy atom. The zero-order valence-corrected chi connectivity index (χ0v) is 16.0. The van der Waals surface area contributed by atoms with Gasteiger partial charge in [-0.25, -0.2) is 4.98 Å². The van der Waals surface area contributed by atoms with E-state index < -0.39 is 8.80 Å². The van der Waals surface area contributed by atoms with E-state index in [9.17, 15) is 0 Å². The Morgan fingerprint density at radius 3 is 2.12 bits per heavy atom. The van der Waals surface area contributed by atoms with Crippen LogP contribution in [0.15, 0.2) is 92.0 Å². The van der Waals surface area contributed by atoms with Crippen molar-refractivity contribution in [3.8, 4) is 0 Å². The highest BCUT2D eigenvalue weighted by atomic mass is 28.3. The van der Waals surface area contributed by atoms with E-state index in [1.807, 2.05) is 18.6 Å². The minimum Gasteiger partial charge on any atom is -0.326 e. The number of nitrogens with zero attached hydrogens (tertiary/aromatic N) is 2. The van der Waals surface area contributed by atoms with E-state index in [4.69, 9.17) is 0 Å². The summed E-state index contributed by atoms with van der Waals surface area (Å²) in [5.41, 5.74) is 2.72. The first kappa shape index (κ1) is 17.4. The van der Waals surface area contributed by atoms with E-state index in [-0.39, 0.29) is 5.16 Å². The maximum absolute atomic E-state index is 4.39. The third-order valence-electron chi connectivity index (χ3n) is 5.10. The van der Waals surface area contributed by atoms with Crippen LogP contribution in [0, 0.1) is 0 Å². The normalized spacial score (nSPS) is 12.7. The van der Waals surface area contributed by atoms with Gasteiger partial charge in [0, 0.05) is 12.4 Å². The second-order valence-electron chi connectivity index (χ2n) is 6.59. The summed E-state index contributed by atoms with van der Waals surface area (Å²) in [6.07, 6.45) is 10.3. The molecular weight excluding hydrogens is 320 g/mol. The number of aromatic nitrogens is 2. The van der Waals surface area contributed by atoms with Crippen LogP contribution in [0.2, 0.25) is 12.6 Å². The number of allylic oxidation sites excluding steroid dienone is 1. The first-order valence-electron chi connectivity index (χ1n) is 9.00. The molecule has 25 heavy (non-hydrogen) atoms. The van der Waals surface area contributed by atoms with E-state index in [0.29, 0.717) is 0 Å². The molecule has 3 aromatic rings. The van der Waals surface area contributed by atoms with Crippen molar-refractivity contribution in [2.24, 2.45) is 0 Å². The van der Waals surface area contributed by atoms with E-state index in [1.54, 1.807) is 0 Å². The predicted octanol–water partition coefficient (Wildman–Crippen LogP) is 5.04. The molecule has 0 saturated carbocycles. The largest absolute Gasteiger partial charge is 0.326 e. The number of hydrogen-bond donors (Lipinski definition) is 0. The van der Waals surface area contributed by atoms with Crippen molar-refractivity contribution in [1.29, 1.82) is 0 Å². The summed E-state index contributed by atoms with van der Waals surface area (Å²) in [7, 11) is -1.26. The smallest absolute Gasteiger partial charge is 0.0954 e. The first-order valence-corrected chi connectivity index (χ1v) is 11.6. The van der Waals surface area contributed by atoms with E-state index in [2.05, 4.69) is 89.5 Å². The van der Waals surface area contributed by atoms with Gasteiger partial charge in [0.2, 0.25) is 0 Å². The van der Waals surface area contributed by atoms with Crippen LogP contribution in [-0.2, 0) is 5.16 Å². The van der Waals surface area contributed by atoms with E-state index >= 15 is 0 Å². The zero-order chi connectivity index (χ0) is 17.5. The van der Waals surface area contributed by atoms with Crippen molar-refractivity contribution in [2.75, 3.05) is 0 Å². The summed E-state index contributed by atoms with van der Waals surface area (Å²) < 4.78 is 2.34. The van der Waals surface area contributed by atoms with Crippen LogP contribution in [0.1, 0.15) is 24.0 Å². The van der Waals surface area contributed by atoms with Crippen molar-refractivity contribution in [3.05, 3.63) is 103 Å². The average Bonchev–Trinajstić information content (AvgIpc) is 3.19. The second-order valence-corrected chi connectivity index (χ2v) is 9.80. The summed E-state index contributed by atoms with van der Waals surface area (Å²) >= 11 is 0. The van der Waals surface area contributed by atoms with Crippen LogP contribution in [0.4, 0.5) is 0 Å². The molecule has 0 N–H and O–H groups in total. The van der Waals surface area contributed by atoms with Crippen molar-refractivity contribution in [1.82, 2.24) is 9.55 Å². The highest BCUT2D eigenvalue weighted by molar-refractivity contribution is 6.61. The standard InChI is InChI=1S/C22H26N2Si/c1-3-4-11-18-25(2)22(24-17-16-23-19-24,20-12-7-5-8-13-20)21-14-9-6-10-15-21/h3,5-10,12-17,19,25H,1,4,11,18H2,2H3. The van der Waals surface area contributed by atoms with Gasteiger partial charge in [-0.15, -0.1) is 6.58 Å². The van der Waals surface area contributed by atoms with Gasteiger partial charge in [-0.2, -0.15) is 0 Å². The van der Waals surface area contributed by atoms with Gasteiger partial charge in [0.25, 0.3) is 0 Å². The van der Waals surface area contributed by atoms with Crippen molar-refractivity contribution >= 4 is 8.80 Å². The fourth-order valence-electron chi connectivity index (χ4n) is 3.92. The van der Waals surface area contributed by atoms with Crippen molar-refractivity contribution in [3.63, 3.8) is 0 Å². The van der Waals surface area contributed by atoms with Gasteiger partial charge < -0.3 is 4.57 Å². The molecule has 0 radical (unpaired) electrons. The highest BCUT2D eigenvalue weighted by Crippen LogP contribution is 2.38. The third kappa shape index (κ3) is 3.38. The van der Waals surface area contributed by atoms with Gasteiger partial charge in [0.05, 0.1) is 20.3 Å². The molecule has 1 atom stereocenters. The molecule has 0 saturated heterocycles. The summed E-state index contributed by atoms with van der Waals surface area (Å²) in [5, 5.41) is -0.125. The molecule has 1 heterocycles. The molecule has 0 spiro atoms. The number of unbranched alkanes of at least 4 members (excludes halogenated alkanes) is 1. The minimum absolute atomic E-state index is 0.125. The Bertz CT molecular complexity index is 727. The molecule has 0 bridgehead atoms. The van der Waals surface area contributed by atoms with Gasteiger partial charge in [0.15, 0.2) is 0 Å². The van der Waals surface area contributed by atoms with Gasteiger partial charge in [-0.05, 0) is 17.5 Å². The summed E-state index contributed by atoms with van der Waals surface area (Å²) in [4.78, 5) is 4.39. The van der Waals surface area contributed by atoms with Crippen molar-refractivity contribution < 1.29 is 0 Å². The van der Waals surface area contributed by atoms with E-state index in [1.165, 1.54) is 23.6 Å². The molecule has 0 aliphatic heterocycles. The minimum atomic E-state index is -1.26. The lowest BCUT2D eigenvalue weighted by Gasteiger charge is -2.41. The molecule has 0 aliphatic carbocycles. The maximum Gasteiger partial charge on any atom is 0.0954 e. The SMILES string of the molecule is C=CCCC[SiH](C)C(c1ccccc1)(c1ccccc1)n1ccnc1. The summed E-state index contributed by atoms with van der Waals surface area (Å²) in [6.45, 7) is 6.38. The highest BCUT2D eigenvalue weighted by Gasteiger charge is 2.41. The van der Waals surface area contributed by atoms with Crippen LogP contribution in [0.5, 0.6) is 0 Å². The lowest BCUT2D eigenvalue weighted by Crippen LogP contribution is -2.48. The zero-order valence-electron chi connectivity index (χ0n) is 14.9. The lowest BCUT2D eigenvalue weighted by molar-refractivity contribution is 0.578. The molecular formula is C22H26N2Si. The Hall–Kier alpha value is -2.39. The fraction of sp³-hybridized carbons (Fsp3) is 0.227. The average molecular weight is 347 g/mol. The van der Waals surface area contributed by atoms with Crippen LogP contribution in [0.25, 0.3) is 0 Å². The molecule has 3 heteroatoms. The Labute approximate surface area is 152 Å². The summed E-state index contributed by atoms with van der Waals surface area (Å²) in [5.74, 6) is 0. The molecule has 128 valence electrons. The van der Waals surface area contributed by atoms with Gasteiger partial charge >= 0.3 is 0 Å². The second kappa shape index (κ2) is 8.12. The van der Waals surface area contributed by atoms with Gasteiger partial charge in [-0.1, -0.05) is 85.8 Å². The summed E-state index contributed by atoms with van der Waals surface area (Å²) in [6, 6.07) is 23.1. The Balaban J connectivity index is 2.19. The van der Waals surface area contributed by atoms with Gasteiger partial charge in [0.1, 0.15) is 0 Å². The van der Waals surface area contributed by atoms with Crippen molar-refractivity contribution in [2.45, 2.75) is 30.6 Å². The molecule has 1 aromatic heterocycles. The molecule has 0 aliphatic rings. The van der Waals surface area contributed by atoms with Gasteiger partial charge in [-0.3, -0.25) is 0 Å². The predicted molar refractivity (Wildman–Crippen MR) is 109 cm³/mol. The lowest BCUT2D eigenvalue weighted by atomic mass is 9.97. The molecule has 1 unspecified atom stereocenters. The number of rotatable bonds is 8. The van der Waals surface area contributed by atoms with Crippen LogP contribution in [0.3, 0.4) is 0 Å². The Morgan fingerprint density at radius 2 is 1.64 bits per heavy atom. The fourth-order valence-corrected chi connectivity index (χ4v) is 7.37. The molecule has 2 nitrogen and oxygen atoms in total. The Kier molecular flexibility index (Phi) is 5.66. The molecule has 3 rings (SSSR count). The quantitative estimate of drug-likeness (QED) is 0.317. The molecule has 0 amide bonds. The number of benzene rings is 2. The monoisotopic (exact) mass is 346 g/mol. The topological polar surface area (TPSA) is 17.8 Å². The first-order chi connectivity index (χ1) is 12.3. The van der Waals surface area contributed by atoms with Crippen LogP contribution >= 0.6 is 0 Å². The molecule has 2 aromatic carbocycles. The molecule has 0 fully saturated rings. The van der Waals surface area contributed by atoms with Crippen LogP contribution < -0.4 is 0 Å². The maximum atomic E-state index is 4.39.